The minimum absolute atomic E-state index is 0.495. The lowest BCUT2D eigenvalue weighted by Gasteiger charge is -2.13. The maximum atomic E-state index is 5.95. The van der Waals surface area contributed by atoms with Gasteiger partial charge in [-0.25, -0.2) is 9.97 Å². The fourth-order valence-corrected chi connectivity index (χ4v) is 1.80. The summed E-state index contributed by atoms with van der Waals surface area (Å²) in [5.41, 5.74) is 1.53. The summed E-state index contributed by atoms with van der Waals surface area (Å²) in [5.74, 6) is 0.592. The van der Waals surface area contributed by atoms with E-state index in [0.29, 0.717) is 16.5 Å². The van der Waals surface area contributed by atoms with Gasteiger partial charge in [0.25, 0.3) is 0 Å². The molecule has 0 saturated carbocycles. The topological polar surface area (TPSA) is 44.2 Å². The van der Waals surface area contributed by atoms with Crippen LogP contribution in [-0.2, 0) is 9.47 Å². The first-order chi connectivity index (χ1) is 8.74. The number of halogens is 1. The van der Waals surface area contributed by atoms with Crippen LogP contribution >= 0.6 is 11.6 Å². The van der Waals surface area contributed by atoms with Crippen LogP contribution < -0.4 is 0 Å². The highest BCUT2D eigenvalue weighted by atomic mass is 35.5. The van der Waals surface area contributed by atoms with Crippen molar-refractivity contribution in [2.75, 3.05) is 14.2 Å². The molecule has 2 aromatic rings. The van der Waals surface area contributed by atoms with Crippen LogP contribution in [0.4, 0.5) is 0 Å². The van der Waals surface area contributed by atoms with E-state index in [4.69, 9.17) is 21.1 Å². The van der Waals surface area contributed by atoms with E-state index in [1.165, 1.54) is 0 Å². The molecule has 0 radical (unpaired) electrons. The molecule has 5 heteroatoms. The molecule has 18 heavy (non-hydrogen) atoms. The highest BCUT2D eigenvalue weighted by molar-refractivity contribution is 6.30. The van der Waals surface area contributed by atoms with Gasteiger partial charge in [0, 0.05) is 31.0 Å². The van der Waals surface area contributed by atoms with Gasteiger partial charge in [-0.3, -0.25) is 0 Å². The number of benzene rings is 1. The van der Waals surface area contributed by atoms with Crippen LogP contribution in [0.15, 0.2) is 36.5 Å². The zero-order chi connectivity index (χ0) is 13.0. The minimum atomic E-state index is -0.495. The first kappa shape index (κ1) is 13.0. The normalized spacial score (nSPS) is 10.9. The summed E-state index contributed by atoms with van der Waals surface area (Å²) in [6, 6.07) is 9.14. The van der Waals surface area contributed by atoms with Crippen LogP contribution in [0.3, 0.4) is 0 Å². The van der Waals surface area contributed by atoms with Gasteiger partial charge in [-0.15, -0.1) is 0 Å². The Bertz CT molecular complexity index is 530. The molecule has 0 atom stereocenters. The molecular formula is C13H13ClN2O2. The van der Waals surface area contributed by atoms with E-state index in [-0.39, 0.29) is 0 Å². The lowest BCUT2D eigenvalue weighted by atomic mass is 10.2. The molecule has 0 N–H and O–H groups in total. The Morgan fingerprint density at radius 1 is 1.17 bits per heavy atom. The molecule has 0 aliphatic heterocycles. The van der Waals surface area contributed by atoms with Gasteiger partial charge in [-0.05, 0) is 18.2 Å². The maximum absolute atomic E-state index is 5.95. The van der Waals surface area contributed by atoms with Crippen LogP contribution in [-0.4, -0.2) is 24.2 Å². The number of rotatable bonds is 4. The number of hydrogen-bond donors (Lipinski definition) is 0. The molecule has 0 aliphatic rings. The van der Waals surface area contributed by atoms with Crippen LogP contribution in [0.25, 0.3) is 11.4 Å². The zero-order valence-electron chi connectivity index (χ0n) is 10.1. The number of ether oxygens (including phenoxy) is 2. The predicted molar refractivity (Wildman–Crippen MR) is 69.2 cm³/mol. The molecule has 0 unspecified atom stereocenters. The molecule has 1 aromatic heterocycles. The van der Waals surface area contributed by atoms with Crippen molar-refractivity contribution >= 4 is 11.6 Å². The molecule has 0 fully saturated rings. The monoisotopic (exact) mass is 264 g/mol. The molecule has 0 amide bonds. The van der Waals surface area contributed by atoms with E-state index in [1.807, 2.05) is 24.3 Å². The van der Waals surface area contributed by atoms with Gasteiger partial charge in [-0.2, -0.15) is 0 Å². The largest absolute Gasteiger partial charge is 0.350 e. The third-order valence-electron chi connectivity index (χ3n) is 2.43. The number of methoxy groups -OCH3 is 2. The van der Waals surface area contributed by atoms with Crippen molar-refractivity contribution in [2.24, 2.45) is 0 Å². The van der Waals surface area contributed by atoms with Crippen molar-refractivity contribution in [3.05, 3.63) is 47.2 Å². The molecule has 0 aliphatic carbocycles. The standard InChI is InChI=1S/C13H13ClN2O2/c1-17-13(18-2)11-6-7-15-12(16-11)9-4-3-5-10(14)8-9/h3-8,13H,1-2H3. The van der Waals surface area contributed by atoms with Crippen LogP contribution in [0, 0.1) is 0 Å². The summed E-state index contributed by atoms with van der Waals surface area (Å²) in [5, 5.41) is 0.650. The molecule has 0 saturated heterocycles. The highest BCUT2D eigenvalue weighted by Crippen LogP contribution is 2.21. The summed E-state index contributed by atoms with van der Waals surface area (Å²) in [6.45, 7) is 0. The first-order valence-electron chi connectivity index (χ1n) is 5.39. The van der Waals surface area contributed by atoms with Crippen molar-refractivity contribution in [3.8, 4) is 11.4 Å². The van der Waals surface area contributed by atoms with E-state index in [0.717, 1.165) is 5.56 Å². The average molecular weight is 265 g/mol. The molecule has 2 rings (SSSR count). The smallest absolute Gasteiger partial charge is 0.200 e. The lowest BCUT2D eigenvalue weighted by molar-refractivity contribution is -0.108. The molecule has 0 bridgehead atoms. The summed E-state index contributed by atoms with van der Waals surface area (Å²) in [7, 11) is 3.13. The number of hydrogen-bond acceptors (Lipinski definition) is 4. The summed E-state index contributed by atoms with van der Waals surface area (Å²) < 4.78 is 10.3. The second kappa shape index (κ2) is 5.91. The zero-order valence-corrected chi connectivity index (χ0v) is 10.9. The van der Waals surface area contributed by atoms with Gasteiger partial charge < -0.3 is 9.47 Å². The fraction of sp³-hybridized carbons (Fsp3) is 0.231. The Hall–Kier alpha value is -1.49. The molecule has 1 heterocycles. The van der Waals surface area contributed by atoms with Crippen molar-refractivity contribution < 1.29 is 9.47 Å². The van der Waals surface area contributed by atoms with Gasteiger partial charge >= 0.3 is 0 Å². The van der Waals surface area contributed by atoms with E-state index in [9.17, 15) is 0 Å². The second-order valence-corrected chi connectivity index (χ2v) is 4.06. The molecule has 4 nitrogen and oxygen atoms in total. The van der Waals surface area contributed by atoms with E-state index in [2.05, 4.69) is 9.97 Å². The first-order valence-corrected chi connectivity index (χ1v) is 5.77. The highest BCUT2D eigenvalue weighted by Gasteiger charge is 2.12. The molecule has 1 aromatic carbocycles. The van der Waals surface area contributed by atoms with Crippen molar-refractivity contribution in [1.82, 2.24) is 9.97 Å². The van der Waals surface area contributed by atoms with E-state index < -0.39 is 6.29 Å². The van der Waals surface area contributed by atoms with Gasteiger partial charge in [0.2, 0.25) is 6.29 Å². The number of aromatic nitrogens is 2. The van der Waals surface area contributed by atoms with E-state index >= 15 is 0 Å². The fourth-order valence-electron chi connectivity index (χ4n) is 1.61. The SMILES string of the molecule is COC(OC)c1ccnc(-c2cccc(Cl)c2)n1. The van der Waals surface area contributed by atoms with Crippen molar-refractivity contribution in [1.29, 1.82) is 0 Å². The lowest BCUT2D eigenvalue weighted by Crippen LogP contribution is -2.07. The molecule has 94 valence electrons. The average Bonchev–Trinajstić information content (AvgIpc) is 2.41. The minimum Gasteiger partial charge on any atom is -0.350 e. The number of nitrogens with zero attached hydrogens (tertiary/aromatic N) is 2. The summed E-state index contributed by atoms with van der Waals surface area (Å²) in [4.78, 5) is 8.63. The summed E-state index contributed by atoms with van der Waals surface area (Å²) in [6.07, 6.45) is 1.18. The summed E-state index contributed by atoms with van der Waals surface area (Å²) >= 11 is 5.95. The van der Waals surface area contributed by atoms with Gasteiger partial charge in [0.15, 0.2) is 5.82 Å². The third kappa shape index (κ3) is 2.85. The quantitative estimate of drug-likeness (QED) is 0.796. The van der Waals surface area contributed by atoms with Gasteiger partial charge in [0.05, 0.1) is 0 Å². The van der Waals surface area contributed by atoms with Gasteiger partial charge in [0.1, 0.15) is 5.69 Å². The van der Waals surface area contributed by atoms with Crippen molar-refractivity contribution in [3.63, 3.8) is 0 Å². The van der Waals surface area contributed by atoms with Crippen LogP contribution in [0.5, 0.6) is 0 Å². The second-order valence-electron chi connectivity index (χ2n) is 3.62. The predicted octanol–water partition coefficient (Wildman–Crippen LogP) is 3.09. The molecule has 0 spiro atoms. The Kier molecular flexibility index (Phi) is 4.25. The van der Waals surface area contributed by atoms with E-state index in [1.54, 1.807) is 26.5 Å². The van der Waals surface area contributed by atoms with Crippen molar-refractivity contribution in [2.45, 2.75) is 6.29 Å². The van der Waals surface area contributed by atoms with Crippen LogP contribution in [0.1, 0.15) is 12.0 Å². The Morgan fingerprint density at radius 3 is 2.61 bits per heavy atom. The van der Waals surface area contributed by atoms with Crippen LogP contribution in [0.2, 0.25) is 5.02 Å². The Morgan fingerprint density at radius 2 is 1.94 bits per heavy atom. The van der Waals surface area contributed by atoms with Gasteiger partial charge in [-0.1, -0.05) is 23.7 Å². The Labute approximate surface area is 111 Å². The Balaban J connectivity index is 2.38. The molecular weight excluding hydrogens is 252 g/mol. The maximum Gasteiger partial charge on any atom is 0.200 e. The third-order valence-corrected chi connectivity index (χ3v) is 2.66.